The van der Waals surface area contributed by atoms with Crippen LogP contribution in [0.5, 0.6) is 0 Å². The summed E-state index contributed by atoms with van der Waals surface area (Å²) in [5, 5.41) is 0.252. The van der Waals surface area contributed by atoms with Crippen LogP contribution in [0.1, 0.15) is 25.6 Å². The summed E-state index contributed by atoms with van der Waals surface area (Å²) in [5.74, 6) is 0.974. The van der Waals surface area contributed by atoms with E-state index in [1.165, 1.54) is 11.0 Å². The van der Waals surface area contributed by atoms with Crippen molar-refractivity contribution in [1.29, 1.82) is 0 Å². The van der Waals surface area contributed by atoms with Crippen LogP contribution in [0.3, 0.4) is 0 Å². The molecule has 18 heavy (non-hydrogen) atoms. The molecular weight excluding hydrogens is 267 g/mol. The van der Waals surface area contributed by atoms with Crippen LogP contribution in [0.25, 0.3) is 0 Å². The Bertz CT molecular complexity index is 396. The lowest BCUT2D eigenvalue weighted by atomic mass is 10.3. The molecule has 0 radical (unpaired) electrons. The van der Waals surface area contributed by atoms with Gasteiger partial charge in [0.15, 0.2) is 0 Å². The minimum absolute atomic E-state index is 0.150. The fourth-order valence-corrected chi connectivity index (χ4v) is 1.59. The third-order valence-electron chi connectivity index (χ3n) is 2.32. The van der Waals surface area contributed by atoms with Crippen molar-refractivity contribution in [3.8, 4) is 0 Å². The van der Waals surface area contributed by atoms with Gasteiger partial charge in [-0.15, -0.1) is 0 Å². The summed E-state index contributed by atoms with van der Waals surface area (Å²) in [6.45, 7) is 1.82. The summed E-state index contributed by atoms with van der Waals surface area (Å²) in [4.78, 5) is 9.64. The predicted molar refractivity (Wildman–Crippen MR) is 65.0 cm³/mol. The highest BCUT2D eigenvalue weighted by Gasteiger charge is 2.27. The zero-order valence-electron chi connectivity index (χ0n) is 10.3. The smallest absolute Gasteiger partial charge is 0.359 e. The van der Waals surface area contributed by atoms with Crippen LogP contribution in [-0.2, 0) is 6.42 Å². The average Bonchev–Trinajstić information content (AvgIpc) is 2.24. The Hall–Kier alpha value is -1.04. The minimum Gasteiger partial charge on any atom is -0.359 e. The molecule has 3 nitrogen and oxygen atoms in total. The molecule has 1 rings (SSSR count). The highest BCUT2D eigenvalue weighted by atomic mass is 35.5. The molecule has 0 aromatic carbocycles. The van der Waals surface area contributed by atoms with E-state index in [0.717, 1.165) is 6.42 Å². The Labute approximate surface area is 109 Å². The van der Waals surface area contributed by atoms with Crippen molar-refractivity contribution in [2.24, 2.45) is 0 Å². The van der Waals surface area contributed by atoms with E-state index in [0.29, 0.717) is 18.1 Å². The van der Waals surface area contributed by atoms with Gasteiger partial charge in [0.2, 0.25) is 0 Å². The van der Waals surface area contributed by atoms with Gasteiger partial charge in [0.05, 0.1) is 6.42 Å². The second-order valence-corrected chi connectivity index (χ2v) is 4.39. The van der Waals surface area contributed by atoms with Crippen molar-refractivity contribution in [1.82, 2.24) is 9.97 Å². The SMILES string of the molecule is CCCc1nc(Cl)cc(N(C)CCC(F)(F)F)n1. The van der Waals surface area contributed by atoms with Gasteiger partial charge >= 0.3 is 6.18 Å². The molecule has 0 unspecified atom stereocenters. The number of hydrogen-bond donors (Lipinski definition) is 0. The molecule has 1 heterocycles. The van der Waals surface area contributed by atoms with Crippen LogP contribution in [-0.4, -0.2) is 29.7 Å². The Balaban J connectivity index is 2.75. The summed E-state index contributed by atoms with van der Waals surface area (Å²) in [5.41, 5.74) is 0. The molecule has 1 aromatic heterocycles. The molecule has 0 amide bonds. The Morgan fingerprint density at radius 3 is 2.56 bits per heavy atom. The largest absolute Gasteiger partial charge is 0.390 e. The summed E-state index contributed by atoms with van der Waals surface area (Å²) in [6, 6.07) is 1.47. The summed E-state index contributed by atoms with van der Waals surface area (Å²) in [6.07, 6.45) is -3.54. The lowest BCUT2D eigenvalue weighted by Crippen LogP contribution is -2.25. The summed E-state index contributed by atoms with van der Waals surface area (Å²) >= 11 is 5.82. The molecule has 0 spiro atoms. The van der Waals surface area contributed by atoms with Crippen molar-refractivity contribution >= 4 is 17.4 Å². The fraction of sp³-hybridized carbons (Fsp3) is 0.636. The molecule has 0 aliphatic heterocycles. The Morgan fingerprint density at radius 1 is 1.33 bits per heavy atom. The number of aromatic nitrogens is 2. The molecule has 102 valence electrons. The number of halogens is 4. The van der Waals surface area contributed by atoms with Gasteiger partial charge in [-0.1, -0.05) is 18.5 Å². The third-order valence-corrected chi connectivity index (χ3v) is 2.52. The maximum Gasteiger partial charge on any atom is 0.390 e. The molecular formula is C11H15ClF3N3. The van der Waals surface area contributed by atoms with Gasteiger partial charge in [0.25, 0.3) is 0 Å². The van der Waals surface area contributed by atoms with E-state index in [-0.39, 0.29) is 11.7 Å². The molecule has 0 aliphatic carbocycles. The Kier molecular flexibility index (Phi) is 5.19. The van der Waals surface area contributed by atoms with Crippen LogP contribution in [0.2, 0.25) is 5.15 Å². The van der Waals surface area contributed by atoms with Crippen molar-refractivity contribution in [2.75, 3.05) is 18.5 Å². The first-order valence-corrected chi connectivity index (χ1v) is 6.01. The van der Waals surface area contributed by atoms with Crippen LogP contribution >= 0.6 is 11.6 Å². The maximum atomic E-state index is 12.1. The third kappa shape index (κ3) is 5.08. The van der Waals surface area contributed by atoms with Crippen molar-refractivity contribution < 1.29 is 13.2 Å². The lowest BCUT2D eigenvalue weighted by molar-refractivity contribution is -0.132. The second kappa shape index (κ2) is 6.22. The van der Waals surface area contributed by atoms with E-state index < -0.39 is 12.6 Å². The van der Waals surface area contributed by atoms with Crippen molar-refractivity contribution in [3.63, 3.8) is 0 Å². The van der Waals surface area contributed by atoms with Crippen LogP contribution < -0.4 is 4.90 Å². The van der Waals surface area contributed by atoms with Gasteiger partial charge in [-0.05, 0) is 6.42 Å². The normalized spacial score (nSPS) is 11.7. The topological polar surface area (TPSA) is 29.0 Å². The summed E-state index contributed by atoms with van der Waals surface area (Å²) in [7, 11) is 1.56. The highest BCUT2D eigenvalue weighted by Crippen LogP contribution is 2.22. The number of alkyl halides is 3. The van der Waals surface area contributed by atoms with E-state index in [1.54, 1.807) is 7.05 Å². The van der Waals surface area contributed by atoms with Crippen molar-refractivity contribution in [2.45, 2.75) is 32.4 Å². The van der Waals surface area contributed by atoms with Crippen LogP contribution in [0, 0.1) is 0 Å². The van der Waals surface area contributed by atoms with Gasteiger partial charge < -0.3 is 4.90 Å². The number of rotatable bonds is 5. The van der Waals surface area contributed by atoms with Crippen LogP contribution in [0.15, 0.2) is 6.07 Å². The van der Waals surface area contributed by atoms with E-state index >= 15 is 0 Å². The highest BCUT2D eigenvalue weighted by molar-refractivity contribution is 6.29. The second-order valence-electron chi connectivity index (χ2n) is 4.00. The molecule has 0 aliphatic rings. The van der Waals surface area contributed by atoms with Gasteiger partial charge in [-0.3, -0.25) is 0 Å². The fourth-order valence-electron chi connectivity index (χ4n) is 1.39. The molecule has 0 saturated heterocycles. The van der Waals surface area contributed by atoms with E-state index in [4.69, 9.17) is 11.6 Å². The van der Waals surface area contributed by atoms with Gasteiger partial charge in [0.1, 0.15) is 16.8 Å². The summed E-state index contributed by atoms with van der Waals surface area (Å²) < 4.78 is 36.4. The molecule has 0 saturated carbocycles. The van der Waals surface area contributed by atoms with Gasteiger partial charge in [0, 0.05) is 26.1 Å². The standard InChI is InChI=1S/C11H15ClF3N3/c1-3-4-9-16-8(12)7-10(17-9)18(2)6-5-11(13,14)15/h7H,3-6H2,1-2H3. The molecule has 0 fully saturated rings. The van der Waals surface area contributed by atoms with E-state index in [2.05, 4.69) is 9.97 Å². The molecule has 7 heteroatoms. The van der Waals surface area contributed by atoms with Crippen molar-refractivity contribution in [3.05, 3.63) is 17.0 Å². The first-order chi connectivity index (χ1) is 8.31. The monoisotopic (exact) mass is 281 g/mol. The molecule has 0 atom stereocenters. The number of anilines is 1. The quantitative estimate of drug-likeness (QED) is 0.774. The van der Waals surface area contributed by atoms with Gasteiger partial charge in [-0.25, -0.2) is 9.97 Å². The lowest BCUT2D eigenvalue weighted by Gasteiger charge is -2.19. The van der Waals surface area contributed by atoms with E-state index in [9.17, 15) is 13.2 Å². The zero-order chi connectivity index (χ0) is 13.8. The van der Waals surface area contributed by atoms with Gasteiger partial charge in [-0.2, -0.15) is 13.2 Å². The van der Waals surface area contributed by atoms with Crippen LogP contribution in [0.4, 0.5) is 19.0 Å². The number of nitrogens with zero attached hydrogens (tertiary/aromatic N) is 3. The Morgan fingerprint density at radius 2 is 2.00 bits per heavy atom. The number of aryl methyl sites for hydroxylation is 1. The first-order valence-electron chi connectivity index (χ1n) is 5.63. The average molecular weight is 282 g/mol. The number of hydrogen-bond acceptors (Lipinski definition) is 3. The predicted octanol–water partition coefficient (Wildman–Crippen LogP) is 3.47. The minimum atomic E-state index is -4.17. The maximum absolute atomic E-state index is 12.1. The zero-order valence-corrected chi connectivity index (χ0v) is 11.0. The molecule has 0 bridgehead atoms. The molecule has 0 N–H and O–H groups in total. The molecule has 1 aromatic rings. The van der Waals surface area contributed by atoms with E-state index in [1.807, 2.05) is 6.92 Å². The first kappa shape index (κ1) is 15.0.